The molecule has 12 heavy (non-hydrogen) atoms. The Morgan fingerprint density at radius 3 is 2.50 bits per heavy atom. The summed E-state index contributed by atoms with van der Waals surface area (Å²) in [4.78, 5) is 11.2. The average Bonchev–Trinajstić information content (AvgIpc) is 2.11. The van der Waals surface area contributed by atoms with Gasteiger partial charge in [0.1, 0.15) is 6.10 Å². The Kier molecular flexibility index (Phi) is 5.72. The number of nitrogens with one attached hydrogen (secondary N) is 1. The SMILES string of the molecule is CCC(C)CNC(=O)C(C)OC. The van der Waals surface area contributed by atoms with E-state index in [0.717, 1.165) is 13.0 Å². The molecule has 1 N–H and O–H groups in total. The van der Waals surface area contributed by atoms with E-state index >= 15 is 0 Å². The molecule has 0 aliphatic rings. The van der Waals surface area contributed by atoms with Crippen LogP contribution in [0.15, 0.2) is 0 Å². The van der Waals surface area contributed by atoms with E-state index in [1.165, 1.54) is 7.11 Å². The molecule has 0 heterocycles. The topological polar surface area (TPSA) is 38.3 Å². The van der Waals surface area contributed by atoms with Gasteiger partial charge < -0.3 is 10.1 Å². The van der Waals surface area contributed by atoms with Crippen LogP contribution in [0, 0.1) is 5.92 Å². The molecular formula is C9H19NO2. The zero-order valence-corrected chi connectivity index (χ0v) is 8.39. The van der Waals surface area contributed by atoms with Gasteiger partial charge in [0.2, 0.25) is 5.91 Å². The molecule has 3 heteroatoms. The first-order chi connectivity index (χ1) is 5.61. The minimum absolute atomic E-state index is 0.0298. The number of carbonyl (C=O) groups is 1. The molecule has 3 nitrogen and oxygen atoms in total. The molecule has 0 aromatic rings. The van der Waals surface area contributed by atoms with Gasteiger partial charge in [0.15, 0.2) is 0 Å². The monoisotopic (exact) mass is 173 g/mol. The van der Waals surface area contributed by atoms with Crippen molar-refractivity contribution in [2.75, 3.05) is 13.7 Å². The third-order valence-corrected chi connectivity index (χ3v) is 2.04. The van der Waals surface area contributed by atoms with Crippen LogP contribution in [0.2, 0.25) is 0 Å². The van der Waals surface area contributed by atoms with Crippen LogP contribution in [-0.4, -0.2) is 25.7 Å². The van der Waals surface area contributed by atoms with Gasteiger partial charge in [-0.15, -0.1) is 0 Å². The Bertz CT molecular complexity index is 136. The Balaban J connectivity index is 3.56. The summed E-state index contributed by atoms with van der Waals surface area (Å²) in [5.41, 5.74) is 0. The summed E-state index contributed by atoms with van der Waals surface area (Å²) in [6.07, 6.45) is 0.746. The molecule has 2 unspecified atom stereocenters. The number of rotatable bonds is 5. The van der Waals surface area contributed by atoms with Crippen LogP contribution in [-0.2, 0) is 9.53 Å². The first-order valence-electron chi connectivity index (χ1n) is 4.42. The number of hydrogen-bond acceptors (Lipinski definition) is 2. The summed E-state index contributed by atoms with van der Waals surface area (Å²) < 4.78 is 4.87. The summed E-state index contributed by atoms with van der Waals surface area (Å²) in [6.45, 7) is 6.70. The molecule has 0 aromatic carbocycles. The summed E-state index contributed by atoms with van der Waals surface area (Å²) in [5, 5.41) is 2.82. The highest BCUT2D eigenvalue weighted by Crippen LogP contribution is 1.97. The van der Waals surface area contributed by atoms with E-state index in [2.05, 4.69) is 19.2 Å². The largest absolute Gasteiger partial charge is 0.372 e. The van der Waals surface area contributed by atoms with Gasteiger partial charge in [0.05, 0.1) is 0 Å². The number of carbonyl (C=O) groups excluding carboxylic acids is 1. The summed E-state index contributed by atoms with van der Waals surface area (Å²) >= 11 is 0. The Hall–Kier alpha value is -0.570. The quantitative estimate of drug-likeness (QED) is 0.678. The van der Waals surface area contributed by atoms with Crippen molar-refractivity contribution in [3.05, 3.63) is 0 Å². The number of hydrogen-bond donors (Lipinski definition) is 1. The lowest BCUT2D eigenvalue weighted by Gasteiger charge is -2.13. The van der Waals surface area contributed by atoms with Gasteiger partial charge in [-0.25, -0.2) is 0 Å². The number of amides is 1. The van der Waals surface area contributed by atoms with Crippen LogP contribution < -0.4 is 5.32 Å². The maximum atomic E-state index is 11.2. The van der Waals surface area contributed by atoms with Crippen molar-refractivity contribution in [1.82, 2.24) is 5.32 Å². The first kappa shape index (κ1) is 11.4. The predicted molar refractivity (Wildman–Crippen MR) is 48.9 cm³/mol. The normalized spacial score (nSPS) is 15.3. The van der Waals surface area contributed by atoms with Crippen molar-refractivity contribution in [3.63, 3.8) is 0 Å². The lowest BCUT2D eigenvalue weighted by molar-refractivity contribution is -0.130. The van der Waals surface area contributed by atoms with Crippen LogP contribution in [0.25, 0.3) is 0 Å². The Morgan fingerprint density at radius 2 is 2.08 bits per heavy atom. The molecule has 0 saturated carbocycles. The summed E-state index contributed by atoms with van der Waals surface area (Å²) in [7, 11) is 1.54. The standard InChI is InChI=1S/C9H19NO2/c1-5-7(2)6-10-9(11)8(3)12-4/h7-8H,5-6H2,1-4H3,(H,10,11). The second-order valence-corrected chi connectivity index (χ2v) is 3.14. The van der Waals surface area contributed by atoms with Crippen molar-refractivity contribution < 1.29 is 9.53 Å². The van der Waals surface area contributed by atoms with Gasteiger partial charge in [0.25, 0.3) is 0 Å². The third kappa shape index (κ3) is 4.34. The third-order valence-electron chi connectivity index (χ3n) is 2.04. The van der Waals surface area contributed by atoms with Crippen molar-refractivity contribution >= 4 is 5.91 Å². The van der Waals surface area contributed by atoms with Gasteiger partial charge in [-0.2, -0.15) is 0 Å². The highest BCUT2D eigenvalue weighted by atomic mass is 16.5. The van der Waals surface area contributed by atoms with E-state index in [0.29, 0.717) is 5.92 Å². The van der Waals surface area contributed by atoms with Gasteiger partial charge >= 0.3 is 0 Å². The smallest absolute Gasteiger partial charge is 0.248 e. The second-order valence-electron chi connectivity index (χ2n) is 3.14. The van der Waals surface area contributed by atoms with E-state index in [1.807, 2.05) is 0 Å². The average molecular weight is 173 g/mol. The van der Waals surface area contributed by atoms with Crippen molar-refractivity contribution in [3.8, 4) is 0 Å². The molecule has 0 aromatic heterocycles. The van der Waals surface area contributed by atoms with Crippen LogP contribution in [0.1, 0.15) is 27.2 Å². The van der Waals surface area contributed by atoms with E-state index in [-0.39, 0.29) is 12.0 Å². The summed E-state index contributed by atoms with van der Waals surface area (Å²) in [6, 6.07) is 0. The minimum Gasteiger partial charge on any atom is -0.372 e. The maximum Gasteiger partial charge on any atom is 0.248 e. The van der Waals surface area contributed by atoms with Crippen molar-refractivity contribution in [2.24, 2.45) is 5.92 Å². The Morgan fingerprint density at radius 1 is 1.50 bits per heavy atom. The van der Waals surface area contributed by atoms with E-state index in [9.17, 15) is 4.79 Å². The maximum absolute atomic E-state index is 11.2. The molecule has 0 aliphatic heterocycles. The fraction of sp³-hybridized carbons (Fsp3) is 0.889. The predicted octanol–water partition coefficient (Wildman–Crippen LogP) is 1.18. The molecule has 0 rings (SSSR count). The lowest BCUT2D eigenvalue weighted by Crippen LogP contribution is -2.36. The molecule has 0 radical (unpaired) electrons. The molecule has 2 atom stereocenters. The lowest BCUT2D eigenvalue weighted by atomic mass is 10.1. The molecule has 0 saturated heterocycles. The number of ether oxygens (including phenoxy) is 1. The van der Waals surface area contributed by atoms with Crippen molar-refractivity contribution in [1.29, 1.82) is 0 Å². The molecule has 0 spiro atoms. The highest BCUT2D eigenvalue weighted by Gasteiger charge is 2.11. The molecule has 0 aliphatic carbocycles. The zero-order valence-electron chi connectivity index (χ0n) is 8.39. The molecule has 1 amide bonds. The fourth-order valence-corrected chi connectivity index (χ4v) is 0.670. The van der Waals surface area contributed by atoms with Gasteiger partial charge in [-0.3, -0.25) is 4.79 Å². The Labute approximate surface area is 74.5 Å². The van der Waals surface area contributed by atoms with Crippen LogP contribution >= 0.6 is 0 Å². The van der Waals surface area contributed by atoms with Gasteiger partial charge in [-0.1, -0.05) is 20.3 Å². The molecule has 72 valence electrons. The molecule has 0 bridgehead atoms. The van der Waals surface area contributed by atoms with Crippen LogP contribution in [0.3, 0.4) is 0 Å². The van der Waals surface area contributed by atoms with E-state index in [4.69, 9.17) is 4.74 Å². The molecular weight excluding hydrogens is 154 g/mol. The van der Waals surface area contributed by atoms with E-state index in [1.54, 1.807) is 6.92 Å². The van der Waals surface area contributed by atoms with Crippen molar-refractivity contribution in [2.45, 2.75) is 33.3 Å². The summed E-state index contributed by atoms with van der Waals surface area (Å²) in [5.74, 6) is 0.510. The van der Waals surface area contributed by atoms with Crippen LogP contribution in [0.5, 0.6) is 0 Å². The van der Waals surface area contributed by atoms with Gasteiger partial charge in [0, 0.05) is 13.7 Å². The number of methoxy groups -OCH3 is 1. The molecule has 0 fully saturated rings. The highest BCUT2D eigenvalue weighted by molar-refractivity contribution is 5.80. The second kappa shape index (κ2) is 6.00. The first-order valence-corrected chi connectivity index (χ1v) is 4.42. The fourth-order valence-electron chi connectivity index (χ4n) is 0.670. The van der Waals surface area contributed by atoms with E-state index < -0.39 is 0 Å². The van der Waals surface area contributed by atoms with Crippen LogP contribution in [0.4, 0.5) is 0 Å². The minimum atomic E-state index is -0.339. The van der Waals surface area contributed by atoms with Gasteiger partial charge in [-0.05, 0) is 12.8 Å². The zero-order chi connectivity index (χ0) is 9.56.